The summed E-state index contributed by atoms with van der Waals surface area (Å²) >= 11 is 5.85. The largest absolute Gasteiger partial charge is 0.534 e. The summed E-state index contributed by atoms with van der Waals surface area (Å²) in [6.45, 7) is 4.68. The topological polar surface area (TPSA) is 56.3 Å². The summed E-state index contributed by atoms with van der Waals surface area (Å²) in [5.41, 5.74) is -3.43. The van der Waals surface area contributed by atoms with E-state index in [0.717, 1.165) is 0 Å². The van der Waals surface area contributed by atoms with Gasteiger partial charge in [0, 0.05) is 11.1 Å². The normalized spacial score (nSPS) is 12.3. The van der Waals surface area contributed by atoms with Gasteiger partial charge in [-0.05, 0) is 44.0 Å². The maximum atomic E-state index is 12.6. The quantitative estimate of drug-likeness (QED) is 0.446. The number of rotatable bonds is 3. The molecule has 2 rings (SSSR count). The molecule has 1 aromatic heterocycles. The van der Waals surface area contributed by atoms with E-state index < -0.39 is 15.6 Å². The molecule has 0 fully saturated rings. The molecule has 0 N–H and O–H groups in total. The number of aryl methyl sites for hydroxylation is 2. The average molecular weight is 380 g/mol. The van der Waals surface area contributed by atoms with Crippen molar-refractivity contribution in [3.63, 3.8) is 0 Å². The molecule has 4 nitrogen and oxygen atoms in total. The Morgan fingerprint density at radius 2 is 1.75 bits per heavy atom. The van der Waals surface area contributed by atoms with E-state index in [-0.39, 0.29) is 22.0 Å². The van der Waals surface area contributed by atoms with Gasteiger partial charge in [-0.2, -0.15) is 21.6 Å². The van der Waals surface area contributed by atoms with Crippen molar-refractivity contribution in [3.8, 4) is 17.0 Å². The van der Waals surface area contributed by atoms with E-state index in [2.05, 4.69) is 9.17 Å². The van der Waals surface area contributed by atoms with E-state index in [0.29, 0.717) is 16.8 Å². The number of pyridine rings is 1. The zero-order chi connectivity index (χ0) is 18.3. The van der Waals surface area contributed by atoms with Crippen LogP contribution >= 0.6 is 11.6 Å². The molecule has 0 saturated carbocycles. The second kappa shape index (κ2) is 6.25. The van der Waals surface area contributed by atoms with Gasteiger partial charge in [-0.25, -0.2) is 4.98 Å². The summed E-state index contributed by atoms with van der Waals surface area (Å²) in [6.07, 6.45) is 0. The van der Waals surface area contributed by atoms with Crippen molar-refractivity contribution in [3.05, 3.63) is 46.1 Å². The fraction of sp³-hybridized carbons (Fsp3) is 0.267. The van der Waals surface area contributed by atoms with Crippen molar-refractivity contribution in [1.82, 2.24) is 4.98 Å². The summed E-state index contributed by atoms with van der Waals surface area (Å²) in [5, 5.41) is 0.206. The molecule has 0 radical (unpaired) electrons. The lowest BCUT2D eigenvalue weighted by molar-refractivity contribution is -0.0500. The predicted molar refractivity (Wildman–Crippen MR) is 84.5 cm³/mol. The van der Waals surface area contributed by atoms with Crippen molar-refractivity contribution in [2.24, 2.45) is 0 Å². The molecule has 1 aromatic carbocycles. The lowest BCUT2D eigenvalue weighted by Crippen LogP contribution is -2.28. The van der Waals surface area contributed by atoms with Crippen molar-refractivity contribution in [1.29, 1.82) is 0 Å². The molecule has 24 heavy (non-hydrogen) atoms. The molecule has 2 aromatic rings. The van der Waals surface area contributed by atoms with Gasteiger partial charge < -0.3 is 4.18 Å². The molecular formula is C15H13ClF3NO3S. The van der Waals surface area contributed by atoms with Crippen molar-refractivity contribution in [2.75, 3.05) is 0 Å². The van der Waals surface area contributed by atoms with Crippen molar-refractivity contribution in [2.45, 2.75) is 26.3 Å². The fourth-order valence-electron chi connectivity index (χ4n) is 2.39. The van der Waals surface area contributed by atoms with Crippen LogP contribution in [0.1, 0.15) is 16.7 Å². The Balaban J connectivity index is 2.66. The van der Waals surface area contributed by atoms with Crippen LogP contribution in [-0.2, 0) is 10.1 Å². The SMILES string of the molecule is Cc1cc(C)c(-c2cccc(Cl)n2)c(C)c1OS(=O)(=O)C(F)(F)F. The smallest absolute Gasteiger partial charge is 0.375 e. The molecule has 0 atom stereocenters. The zero-order valence-electron chi connectivity index (χ0n) is 12.9. The number of benzene rings is 1. The molecule has 0 aliphatic carbocycles. The highest BCUT2D eigenvalue weighted by Gasteiger charge is 2.49. The van der Waals surface area contributed by atoms with Crippen LogP contribution < -0.4 is 4.18 Å². The standard InChI is InChI=1S/C15H13ClF3NO3S/c1-8-7-9(2)14(23-24(21,22)15(17,18)19)10(3)13(8)11-5-4-6-12(16)20-11/h4-7H,1-3H3. The van der Waals surface area contributed by atoms with Crippen LogP contribution in [0.25, 0.3) is 11.3 Å². The van der Waals surface area contributed by atoms with Crippen LogP contribution in [0.3, 0.4) is 0 Å². The first kappa shape index (κ1) is 18.5. The maximum absolute atomic E-state index is 12.6. The molecule has 130 valence electrons. The Bertz CT molecular complexity index is 896. The number of alkyl halides is 3. The van der Waals surface area contributed by atoms with Gasteiger partial charge in [0.25, 0.3) is 0 Å². The van der Waals surface area contributed by atoms with Gasteiger partial charge >= 0.3 is 15.6 Å². The third kappa shape index (κ3) is 3.49. The maximum Gasteiger partial charge on any atom is 0.534 e. The highest BCUT2D eigenvalue weighted by molar-refractivity contribution is 7.88. The highest BCUT2D eigenvalue weighted by Crippen LogP contribution is 2.38. The van der Waals surface area contributed by atoms with Gasteiger partial charge in [0.05, 0.1) is 5.69 Å². The first-order valence-electron chi connectivity index (χ1n) is 6.68. The first-order chi connectivity index (χ1) is 10.9. The van der Waals surface area contributed by atoms with Crippen molar-refractivity contribution >= 4 is 21.7 Å². The molecule has 9 heteroatoms. The Morgan fingerprint density at radius 1 is 1.12 bits per heavy atom. The second-order valence-electron chi connectivity index (χ2n) is 5.17. The molecule has 0 spiro atoms. The number of halogens is 4. The summed E-state index contributed by atoms with van der Waals surface area (Å²) in [7, 11) is -5.76. The van der Waals surface area contributed by atoms with Gasteiger partial charge in [0.2, 0.25) is 0 Å². The summed E-state index contributed by atoms with van der Waals surface area (Å²) in [5.74, 6) is -0.366. The lowest BCUT2D eigenvalue weighted by Gasteiger charge is -2.18. The summed E-state index contributed by atoms with van der Waals surface area (Å²) in [6, 6.07) is 6.34. The minimum atomic E-state index is -5.76. The number of hydrogen-bond donors (Lipinski definition) is 0. The molecule has 0 unspecified atom stereocenters. The van der Waals surface area contributed by atoms with Crippen LogP contribution in [0.5, 0.6) is 5.75 Å². The minimum absolute atomic E-state index is 0.206. The molecule has 0 aliphatic rings. The van der Waals surface area contributed by atoms with E-state index in [1.807, 2.05) is 0 Å². The first-order valence-corrected chi connectivity index (χ1v) is 8.47. The van der Waals surface area contributed by atoms with Gasteiger partial charge in [-0.1, -0.05) is 23.7 Å². The third-order valence-corrected chi connectivity index (χ3v) is 4.51. The van der Waals surface area contributed by atoms with Crippen molar-refractivity contribution < 1.29 is 25.8 Å². The van der Waals surface area contributed by atoms with Gasteiger partial charge in [0.1, 0.15) is 10.9 Å². The van der Waals surface area contributed by atoms with E-state index in [1.54, 1.807) is 25.1 Å². The van der Waals surface area contributed by atoms with E-state index in [4.69, 9.17) is 11.6 Å². The Morgan fingerprint density at radius 3 is 2.29 bits per heavy atom. The number of nitrogens with zero attached hydrogens (tertiary/aromatic N) is 1. The van der Waals surface area contributed by atoms with Gasteiger partial charge in [-0.3, -0.25) is 0 Å². The average Bonchev–Trinajstić information content (AvgIpc) is 2.42. The predicted octanol–water partition coefficient (Wildman–Crippen LogP) is 4.56. The number of hydrogen-bond acceptors (Lipinski definition) is 4. The van der Waals surface area contributed by atoms with Crippen LogP contribution in [-0.4, -0.2) is 18.9 Å². The molecular weight excluding hydrogens is 367 g/mol. The highest BCUT2D eigenvalue weighted by atomic mass is 35.5. The number of aromatic nitrogens is 1. The third-order valence-electron chi connectivity index (χ3n) is 3.35. The minimum Gasteiger partial charge on any atom is -0.375 e. The van der Waals surface area contributed by atoms with Crippen LogP contribution in [0.2, 0.25) is 5.15 Å². The Kier molecular flexibility index (Phi) is 4.83. The molecule has 0 saturated heterocycles. The van der Waals surface area contributed by atoms with E-state index in [9.17, 15) is 21.6 Å². The molecule has 0 amide bonds. The van der Waals surface area contributed by atoms with E-state index in [1.165, 1.54) is 19.9 Å². The molecule has 0 bridgehead atoms. The lowest BCUT2D eigenvalue weighted by atomic mass is 9.96. The summed E-state index contributed by atoms with van der Waals surface area (Å²) in [4.78, 5) is 4.12. The van der Waals surface area contributed by atoms with Crippen LogP contribution in [0.15, 0.2) is 24.3 Å². The zero-order valence-corrected chi connectivity index (χ0v) is 14.5. The van der Waals surface area contributed by atoms with E-state index >= 15 is 0 Å². The van der Waals surface area contributed by atoms with Crippen LogP contribution in [0, 0.1) is 20.8 Å². The van der Waals surface area contributed by atoms with Gasteiger partial charge in [-0.15, -0.1) is 0 Å². The van der Waals surface area contributed by atoms with Gasteiger partial charge in [0.15, 0.2) is 0 Å². The second-order valence-corrected chi connectivity index (χ2v) is 7.09. The Labute approximate surface area is 142 Å². The monoisotopic (exact) mass is 379 g/mol. The fourth-order valence-corrected chi connectivity index (χ4v) is 3.13. The Hall–Kier alpha value is -1.80. The summed E-state index contributed by atoms with van der Waals surface area (Å²) < 4.78 is 64.8. The molecule has 1 heterocycles. The molecule has 0 aliphatic heterocycles. The van der Waals surface area contributed by atoms with Crippen LogP contribution in [0.4, 0.5) is 13.2 Å².